The van der Waals surface area contributed by atoms with Crippen LogP contribution in [-0.2, 0) is 0 Å². The topological polar surface area (TPSA) is 198 Å². The number of anilines is 2. The molecule has 8 aromatic rings. The van der Waals surface area contributed by atoms with Crippen LogP contribution in [0.1, 0.15) is 0 Å². The Bertz CT molecular complexity index is 3010. The van der Waals surface area contributed by atoms with Crippen LogP contribution in [0.25, 0.3) is 66.1 Å². The quantitative estimate of drug-likeness (QED) is 0.148. The Morgan fingerprint density at radius 1 is 0.649 bits per heavy atom. The summed E-state index contributed by atoms with van der Waals surface area (Å²) >= 11 is 6.89. The molecule has 8 heterocycles. The van der Waals surface area contributed by atoms with Crippen LogP contribution in [0.5, 0.6) is 11.5 Å². The minimum Gasteiger partial charge on any atom is -0.491 e. The van der Waals surface area contributed by atoms with E-state index in [1.54, 1.807) is 12.7 Å². The monoisotopic (exact) mass is 782 g/mol. The zero-order valence-electron chi connectivity index (χ0n) is 30.4. The van der Waals surface area contributed by atoms with Crippen molar-refractivity contribution in [1.82, 2.24) is 50.5 Å². The number of hydrogen-bond donors (Lipinski definition) is 6. The van der Waals surface area contributed by atoms with Gasteiger partial charge >= 0.3 is 11.4 Å². The van der Waals surface area contributed by atoms with Gasteiger partial charge in [0.05, 0.1) is 61.0 Å². The number of nitrogens with one attached hydrogen (secondary N) is 6. The maximum Gasteiger partial charge on any atom is 0.323 e. The number of para-hydroxylation sites is 2. The van der Waals surface area contributed by atoms with E-state index < -0.39 is 0 Å². The molecule has 2 atom stereocenters. The SMILES string of the molecule is O=c1[nH]c2cccc(-c3cc4c5c(ncnc5c3)N3CCNC[C@H]3CO4)c2[nH]1.O=c1[nH]c2cccc(-c3cc4ncnc5c4c(c3Cl)OC[C@@H]3CNCCN53)c2[nH]1. The molecule has 12 rings (SSSR count). The molecule has 4 aliphatic heterocycles. The lowest BCUT2D eigenvalue weighted by Gasteiger charge is -2.35. The van der Waals surface area contributed by atoms with Crippen molar-refractivity contribution < 1.29 is 9.47 Å². The summed E-state index contributed by atoms with van der Waals surface area (Å²) in [6.07, 6.45) is 3.21. The van der Waals surface area contributed by atoms with Gasteiger partial charge in [0, 0.05) is 56.0 Å². The first-order valence-electron chi connectivity index (χ1n) is 18.9. The van der Waals surface area contributed by atoms with E-state index in [-0.39, 0.29) is 23.5 Å². The average molecular weight is 783 g/mol. The molecule has 0 bridgehead atoms. The molecule has 286 valence electrons. The predicted molar refractivity (Wildman–Crippen MR) is 219 cm³/mol. The number of ether oxygens (including phenoxy) is 2. The van der Waals surface area contributed by atoms with Crippen LogP contribution in [0.2, 0.25) is 5.02 Å². The second kappa shape index (κ2) is 13.3. The van der Waals surface area contributed by atoms with Crippen LogP contribution in [0, 0.1) is 0 Å². The molecule has 57 heavy (non-hydrogen) atoms. The molecule has 0 aliphatic carbocycles. The molecule has 4 aromatic carbocycles. The summed E-state index contributed by atoms with van der Waals surface area (Å²) in [5.74, 6) is 3.17. The molecule has 2 saturated heterocycles. The van der Waals surface area contributed by atoms with Gasteiger partial charge in [0.2, 0.25) is 0 Å². The van der Waals surface area contributed by atoms with Crippen molar-refractivity contribution in [3.63, 3.8) is 0 Å². The van der Waals surface area contributed by atoms with E-state index in [4.69, 9.17) is 21.1 Å². The number of imidazole rings is 2. The highest BCUT2D eigenvalue weighted by Crippen LogP contribution is 2.46. The van der Waals surface area contributed by atoms with Gasteiger partial charge in [0.1, 0.15) is 43.3 Å². The van der Waals surface area contributed by atoms with Gasteiger partial charge in [-0.1, -0.05) is 35.9 Å². The minimum absolute atomic E-state index is 0.179. The number of rotatable bonds is 2. The van der Waals surface area contributed by atoms with Gasteiger partial charge in [-0.15, -0.1) is 0 Å². The number of halogens is 1. The van der Waals surface area contributed by atoms with Crippen molar-refractivity contribution in [3.8, 4) is 33.8 Å². The van der Waals surface area contributed by atoms with Gasteiger partial charge in [-0.2, -0.15) is 0 Å². The molecular weight excluding hydrogens is 748 g/mol. The van der Waals surface area contributed by atoms with Crippen molar-refractivity contribution in [2.45, 2.75) is 12.1 Å². The zero-order chi connectivity index (χ0) is 38.2. The van der Waals surface area contributed by atoms with Crippen molar-refractivity contribution >= 4 is 67.1 Å². The van der Waals surface area contributed by atoms with Crippen LogP contribution in [0.3, 0.4) is 0 Å². The molecule has 2 fully saturated rings. The normalized spacial score (nSPS) is 18.6. The van der Waals surface area contributed by atoms with Crippen molar-refractivity contribution in [1.29, 1.82) is 0 Å². The number of benzene rings is 4. The molecule has 16 nitrogen and oxygen atoms in total. The maximum absolute atomic E-state index is 11.8. The zero-order valence-corrected chi connectivity index (χ0v) is 31.1. The summed E-state index contributed by atoms with van der Waals surface area (Å²) in [6.45, 7) is 6.36. The Morgan fingerprint density at radius 3 is 1.93 bits per heavy atom. The highest BCUT2D eigenvalue weighted by Gasteiger charge is 2.33. The number of H-pyrrole nitrogens is 4. The second-order valence-electron chi connectivity index (χ2n) is 14.6. The van der Waals surface area contributed by atoms with Gasteiger partial charge in [0.25, 0.3) is 0 Å². The smallest absolute Gasteiger partial charge is 0.323 e. The van der Waals surface area contributed by atoms with Crippen LogP contribution in [0.15, 0.2) is 76.8 Å². The fraction of sp³-hybridized carbons (Fsp3) is 0.250. The highest BCUT2D eigenvalue weighted by atomic mass is 35.5. The van der Waals surface area contributed by atoms with Crippen LogP contribution >= 0.6 is 11.6 Å². The van der Waals surface area contributed by atoms with E-state index in [0.717, 1.165) is 117 Å². The Labute approximate surface area is 327 Å². The molecule has 0 unspecified atom stereocenters. The molecule has 0 amide bonds. The van der Waals surface area contributed by atoms with Gasteiger partial charge in [-0.25, -0.2) is 29.5 Å². The third-order valence-corrected chi connectivity index (χ3v) is 11.7. The molecule has 6 N–H and O–H groups in total. The number of piperazine rings is 2. The Kier molecular flexibility index (Phi) is 7.90. The van der Waals surface area contributed by atoms with Crippen LogP contribution in [-0.4, -0.2) is 104 Å². The molecule has 4 aromatic heterocycles. The minimum atomic E-state index is -0.257. The molecule has 0 spiro atoms. The van der Waals surface area contributed by atoms with E-state index in [9.17, 15) is 9.59 Å². The second-order valence-corrected chi connectivity index (χ2v) is 14.9. The lowest BCUT2D eigenvalue weighted by Crippen LogP contribution is -2.53. The first-order valence-corrected chi connectivity index (χ1v) is 19.3. The lowest BCUT2D eigenvalue weighted by molar-refractivity contribution is 0.274. The largest absolute Gasteiger partial charge is 0.491 e. The number of aromatic nitrogens is 8. The van der Waals surface area contributed by atoms with E-state index in [2.05, 4.69) is 60.3 Å². The Morgan fingerprint density at radius 2 is 1.25 bits per heavy atom. The standard InChI is InChI=1S/C20H17ClN6O2.C20H18N6O2/c21-16-12(11-2-1-3-13-17(11)26-20(28)25-13)6-14-15-18(16)29-8-10-7-22-4-5-27(10)19(15)24-9-23-14;27-20-24-14-3-1-2-13(18(14)25-20)11-6-15-17-16(7-11)28-9-12-8-21-4-5-26(12)19(17)23-10-22-15/h1-3,6,9-10,22H,4-5,7-8H2,(H2,25,26,28);1-3,6-7,10,12,21H,4-5,8-9H2,(H2,24,25,27)/t10-;12-/m00/s1. The first-order chi connectivity index (χ1) is 28.0. The van der Waals surface area contributed by atoms with Gasteiger partial charge in [0.15, 0.2) is 5.75 Å². The van der Waals surface area contributed by atoms with Crippen molar-refractivity contribution in [2.24, 2.45) is 0 Å². The molecule has 4 aliphatic rings. The average Bonchev–Trinajstić information content (AvgIpc) is 3.72. The van der Waals surface area contributed by atoms with Crippen molar-refractivity contribution in [2.75, 3.05) is 62.3 Å². The summed E-state index contributed by atoms with van der Waals surface area (Å²) in [5.41, 5.74) is 7.58. The van der Waals surface area contributed by atoms with Crippen molar-refractivity contribution in [3.05, 3.63) is 93.2 Å². The molecule has 0 radical (unpaired) electrons. The number of hydrogen-bond acceptors (Lipinski definition) is 12. The Balaban J connectivity index is 0.000000131. The van der Waals surface area contributed by atoms with Crippen LogP contribution < -0.4 is 41.3 Å². The fourth-order valence-electron chi connectivity index (χ4n) is 8.65. The Hall–Kier alpha value is -6.49. The van der Waals surface area contributed by atoms with E-state index in [1.165, 1.54) is 0 Å². The summed E-state index contributed by atoms with van der Waals surface area (Å²) < 4.78 is 12.5. The number of fused-ring (bicyclic) bond motifs is 6. The van der Waals surface area contributed by atoms with Crippen LogP contribution in [0.4, 0.5) is 11.6 Å². The number of aromatic amines is 4. The highest BCUT2D eigenvalue weighted by molar-refractivity contribution is 6.37. The third-order valence-electron chi connectivity index (χ3n) is 11.3. The molecular formula is C40H35ClN12O4. The third kappa shape index (κ3) is 5.58. The lowest BCUT2D eigenvalue weighted by atomic mass is 10.0. The summed E-state index contributed by atoms with van der Waals surface area (Å²) in [6, 6.07) is 17.9. The van der Waals surface area contributed by atoms with Gasteiger partial charge < -0.3 is 49.8 Å². The summed E-state index contributed by atoms with van der Waals surface area (Å²) in [7, 11) is 0. The fourth-order valence-corrected chi connectivity index (χ4v) is 8.95. The summed E-state index contributed by atoms with van der Waals surface area (Å²) in [4.78, 5) is 57.8. The maximum atomic E-state index is 11.8. The van der Waals surface area contributed by atoms with Gasteiger partial charge in [-0.05, 0) is 35.9 Å². The van der Waals surface area contributed by atoms with Gasteiger partial charge in [-0.3, -0.25) is 0 Å². The first kappa shape index (κ1) is 33.8. The predicted octanol–water partition coefficient (Wildman–Crippen LogP) is 3.93. The van der Waals surface area contributed by atoms with E-state index >= 15 is 0 Å². The van der Waals surface area contributed by atoms with E-state index in [0.29, 0.717) is 29.5 Å². The summed E-state index contributed by atoms with van der Waals surface area (Å²) in [5, 5.41) is 9.12. The molecule has 17 heteroatoms. The van der Waals surface area contributed by atoms with E-state index in [1.807, 2.05) is 54.6 Å². The molecule has 0 saturated carbocycles. The number of nitrogens with zero attached hydrogens (tertiary/aromatic N) is 6.